The number of likely N-dealkylation sites (N-methyl/N-ethyl adjacent to an activating group) is 1. The summed E-state index contributed by atoms with van der Waals surface area (Å²) in [6.07, 6.45) is 3.14. The molecule has 0 radical (unpaired) electrons. The van der Waals surface area contributed by atoms with Gasteiger partial charge in [-0.05, 0) is 26.3 Å². The van der Waals surface area contributed by atoms with Gasteiger partial charge in [0.2, 0.25) is 5.91 Å². The van der Waals surface area contributed by atoms with Crippen LogP contribution in [0.15, 0.2) is 0 Å². The van der Waals surface area contributed by atoms with E-state index in [1.165, 1.54) is 0 Å². The third kappa shape index (κ3) is 4.34. The van der Waals surface area contributed by atoms with E-state index >= 15 is 0 Å². The second-order valence-corrected chi connectivity index (χ2v) is 4.63. The summed E-state index contributed by atoms with van der Waals surface area (Å²) in [6, 6.07) is 0.0236. The topological polar surface area (TPSA) is 60.9 Å². The number of hydrogen-bond acceptors (Lipinski definition) is 3. The molecule has 1 heterocycles. The molecule has 1 fully saturated rings. The Kier molecular flexibility index (Phi) is 5.41. The smallest absolute Gasteiger partial charge is 0.304 e. The largest absolute Gasteiger partial charge is 0.481 e. The number of likely N-dealkylation sites (tertiary alicyclic amines) is 1. The van der Waals surface area contributed by atoms with Crippen LogP contribution in [0.25, 0.3) is 0 Å². The maximum absolute atomic E-state index is 11.8. The van der Waals surface area contributed by atoms with Gasteiger partial charge in [0.1, 0.15) is 0 Å². The average Bonchev–Trinajstić information content (AvgIpc) is 2.29. The highest BCUT2D eigenvalue weighted by atomic mass is 16.4. The van der Waals surface area contributed by atoms with E-state index in [0.717, 1.165) is 25.8 Å². The van der Waals surface area contributed by atoms with Crippen molar-refractivity contribution in [3.8, 4) is 0 Å². The molecule has 1 amide bonds. The fourth-order valence-electron chi connectivity index (χ4n) is 2.17. The number of piperidine rings is 1. The maximum Gasteiger partial charge on any atom is 0.304 e. The molecular weight excluding hydrogens is 220 g/mol. The van der Waals surface area contributed by atoms with Gasteiger partial charge in [-0.25, -0.2) is 0 Å². The molecule has 1 atom stereocenters. The van der Waals surface area contributed by atoms with Crippen LogP contribution >= 0.6 is 0 Å². The first-order chi connectivity index (χ1) is 8.04. The fraction of sp³-hybridized carbons (Fsp3) is 0.833. The molecule has 0 saturated carbocycles. The van der Waals surface area contributed by atoms with Crippen LogP contribution in [-0.4, -0.2) is 59.5 Å². The van der Waals surface area contributed by atoms with Gasteiger partial charge >= 0.3 is 5.97 Å². The zero-order valence-electron chi connectivity index (χ0n) is 10.7. The van der Waals surface area contributed by atoms with Crippen LogP contribution in [0.4, 0.5) is 0 Å². The molecule has 0 aliphatic carbocycles. The van der Waals surface area contributed by atoms with Crippen molar-refractivity contribution in [2.45, 2.75) is 38.6 Å². The Labute approximate surface area is 102 Å². The molecule has 17 heavy (non-hydrogen) atoms. The van der Waals surface area contributed by atoms with Gasteiger partial charge in [-0.15, -0.1) is 0 Å². The Morgan fingerprint density at radius 1 is 1.41 bits per heavy atom. The Balaban J connectivity index is 2.53. The van der Waals surface area contributed by atoms with Crippen LogP contribution in [0, 0.1) is 0 Å². The molecule has 1 unspecified atom stereocenters. The lowest BCUT2D eigenvalue weighted by Crippen LogP contribution is -2.46. The van der Waals surface area contributed by atoms with Crippen LogP contribution < -0.4 is 0 Å². The highest BCUT2D eigenvalue weighted by molar-refractivity contribution is 5.78. The zero-order valence-corrected chi connectivity index (χ0v) is 10.7. The summed E-state index contributed by atoms with van der Waals surface area (Å²) in [5.74, 6) is -0.706. The van der Waals surface area contributed by atoms with Gasteiger partial charge in [-0.3, -0.25) is 14.5 Å². The van der Waals surface area contributed by atoms with Crippen LogP contribution in [0.2, 0.25) is 0 Å². The van der Waals surface area contributed by atoms with Gasteiger partial charge in [-0.1, -0.05) is 6.42 Å². The van der Waals surface area contributed by atoms with Gasteiger partial charge in [-0.2, -0.15) is 0 Å². The molecule has 0 spiro atoms. The second kappa shape index (κ2) is 6.59. The third-order valence-corrected chi connectivity index (χ3v) is 3.40. The van der Waals surface area contributed by atoms with Crippen LogP contribution in [-0.2, 0) is 9.59 Å². The number of carbonyl (C=O) groups excluding carboxylic acids is 1. The molecule has 5 nitrogen and oxygen atoms in total. The molecule has 0 bridgehead atoms. The minimum absolute atomic E-state index is 0.0236. The molecule has 1 rings (SSSR count). The first-order valence-corrected chi connectivity index (χ1v) is 6.24. The van der Waals surface area contributed by atoms with Gasteiger partial charge < -0.3 is 10.0 Å². The van der Waals surface area contributed by atoms with Crippen molar-refractivity contribution >= 4 is 11.9 Å². The van der Waals surface area contributed by atoms with Gasteiger partial charge in [0, 0.05) is 19.6 Å². The molecule has 0 aromatic rings. The first kappa shape index (κ1) is 14.0. The van der Waals surface area contributed by atoms with E-state index in [1.807, 2.05) is 11.8 Å². The fourth-order valence-corrected chi connectivity index (χ4v) is 2.17. The Morgan fingerprint density at radius 3 is 2.71 bits per heavy atom. The van der Waals surface area contributed by atoms with Crippen molar-refractivity contribution in [3.05, 3.63) is 0 Å². The summed E-state index contributed by atoms with van der Waals surface area (Å²) in [4.78, 5) is 26.3. The summed E-state index contributed by atoms with van der Waals surface area (Å²) in [5.41, 5.74) is 0. The van der Waals surface area contributed by atoms with E-state index in [4.69, 9.17) is 5.11 Å². The second-order valence-electron chi connectivity index (χ2n) is 4.63. The number of carbonyl (C=O) groups is 2. The van der Waals surface area contributed by atoms with E-state index in [9.17, 15) is 9.59 Å². The molecule has 1 saturated heterocycles. The Hall–Kier alpha value is -1.10. The van der Waals surface area contributed by atoms with Gasteiger partial charge in [0.25, 0.3) is 0 Å². The van der Waals surface area contributed by atoms with E-state index in [1.54, 1.807) is 11.9 Å². The standard InChI is InChI=1S/C12H22N2O3/c1-3-13(2)11(15)9-14-7-5-4-6-10(14)8-12(16)17/h10H,3-9H2,1-2H3,(H,16,17). The van der Waals surface area contributed by atoms with E-state index in [0.29, 0.717) is 13.1 Å². The SMILES string of the molecule is CCN(C)C(=O)CN1CCCCC1CC(=O)O. The quantitative estimate of drug-likeness (QED) is 0.774. The summed E-state index contributed by atoms with van der Waals surface area (Å²) in [5, 5.41) is 8.85. The minimum Gasteiger partial charge on any atom is -0.481 e. The molecule has 98 valence electrons. The summed E-state index contributed by atoms with van der Waals surface area (Å²) in [7, 11) is 1.78. The lowest BCUT2D eigenvalue weighted by Gasteiger charge is -2.35. The number of rotatable bonds is 5. The molecule has 1 aliphatic heterocycles. The lowest BCUT2D eigenvalue weighted by atomic mass is 9.99. The Bertz CT molecular complexity index is 281. The van der Waals surface area contributed by atoms with Gasteiger partial charge in [0.05, 0.1) is 13.0 Å². The third-order valence-electron chi connectivity index (χ3n) is 3.40. The molecule has 0 aromatic heterocycles. The Morgan fingerprint density at radius 2 is 2.12 bits per heavy atom. The van der Waals surface area contributed by atoms with Crippen LogP contribution in [0.1, 0.15) is 32.6 Å². The number of amides is 1. The highest BCUT2D eigenvalue weighted by Crippen LogP contribution is 2.19. The predicted octanol–water partition coefficient (Wildman–Crippen LogP) is 0.794. The van der Waals surface area contributed by atoms with Crippen molar-refractivity contribution in [2.24, 2.45) is 0 Å². The first-order valence-electron chi connectivity index (χ1n) is 6.24. The minimum atomic E-state index is -0.779. The normalized spacial score (nSPS) is 21.2. The van der Waals surface area contributed by atoms with Crippen molar-refractivity contribution in [2.75, 3.05) is 26.7 Å². The molecule has 5 heteroatoms. The number of carboxylic acids is 1. The molecule has 1 aliphatic rings. The highest BCUT2D eigenvalue weighted by Gasteiger charge is 2.26. The molecule has 1 N–H and O–H groups in total. The number of carboxylic acid groups (broad SMARTS) is 1. The van der Waals surface area contributed by atoms with E-state index < -0.39 is 5.97 Å². The molecular formula is C12H22N2O3. The van der Waals surface area contributed by atoms with Crippen LogP contribution in [0.3, 0.4) is 0 Å². The van der Waals surface area contributed by atoms with Crippen LogP contribution in [0.5, 0.6) is 0 Å². The van der Waals surface area contributed by atoms with Crippen molar-refractivity contribution in [3.63, 3.8) is 0 Å². The number of hydrogen-bond donors (Lipinski definition) is 1. The summed E-state index contributed by atoms with van der Waals surface area (Å²) < 4.78 is 0. The summed E-state index contributed by atoms with van der Waals surface area (Å²) >= 11 is 0. The van der Waals surface area contributed by atoms with Crippen molar-refractivity contribution in [1.29, 1.82) is 0 Å². The maximum atomic E-state index is 11.8. The van der Waals surface area contributed by atoms with Gasteiger partial charge in [0.15, 0.2) is 0 Å². The van der Waals surface area contributed by atoms with Crippen molar-refractivity contribution in [1.82, 2.24) is 9.80 Å². The monoisotopic (exact) mass is 242 g/mol. The van der Waals surface area contributed by atoms with E-state index in [2.05, 4.69) is 0 Å². The van der Waals surface area contributed by atoms with Crippen molar-refractivity contribution < 1.29 is 14.7 Å². The summed E-state index contributed by atoms with van der Waals surface area (Å²) in [6.45, 7) is 3.81. The lowest BCUT2D eigenvalue weighted by molar-refractivity contribution is -0.140. The zero-order chi connectivity index (χ0) is 12.8. The average molecular weight is 242 g/mol. The number of aliphatic carboxylic acids is 1. The predicted molar refractivity (Wildman–Crippen MR) is 64.8 cm³/mol. The molecule has 0 aromatic carbocycles. The number of nitrogens with zero attached hydrogens (tertiary/aromatic N) is 2. The van der Waals surface area contributed by atoms with E-state index in [-0.39, 0.29) is 18.4 Å².